The molecule has 0 saturated carbocycles. The second-order valence-corrected chi connectivity index (χ2v) is 6.73. The lowest BCUT2D eigenvalue weighted by atomic mass is 10.1. The van der Waals surface area contributed by atoms with Crippen LogP contribution < -0.4 is 20.1 Å². The number of carbonyl (C=O) groups is 1. The first-order valence-electron chi connectivity index (χ1n) is 9.11. The van der Waals surface area contributed by atoms with Gasteiger partial charge in [-0.2, -0.15) is 0 Å². The number of urea groups is 1. The zero-order chi connectivity index (χ0) is 19.6. The summed E-state index contributed by atoms with van der Waals surface area (Å²) < 4.78 is 11.1. The van der Waals surface area contributed by atoms with Gasteiger partial charge >= 0.3 is 6.03 Å². The van der Waals surface area contributed by atoms with Crippen molar-refractivity contribution < 1.29 is 19.4 Å². The number of nitrogens with one attached hydrogen (secondary N) is 2. The van der Waals surface area contributed by atoms with Gasteiger partial charge in [0.15, 0.2) is 11.5 Å². The summed E-state index contributed by atoms with van der Waals surface area (Å²) in [4.78, 5) is 12.1. The second-order valence-electron chi connectivity index (χ2n) is 6.73. The molecule has 0 aromatic heterocycles. The maximum atomic E-state index is 12.1. The van der Waals surface area contributed by atoms with Gasteiger partial charge in [-0.1, -0.05) is 26.0 Å². The third kappa shape index (κ3) is 7.09. The maximum absolute atomic E-state index is 12.1. The summed E-state index contributed by atoms with van der Waals surface area (Å²) in [5.41, 5.74) is 1.43. The predicted molar refractivity (Wildman–Crippen MR) is 107 cm³/mol. The number of anilines is 1. The Morgan fingerprint density at radius 3 is 2.67 bits per heavy atom. The standard InChI is InChI=1S/C21H28N2O4/c1-15(2)6-5-11-27-20-13-17(9-10-19(20)26-3)23-21(25)22-14-16-7-4-8-18(24)12-16/h4,7-10,12-13,15,24H,5-6,11,14H2,1-3H3,(H2,22,23,25). The summed E-state index contributed by atoms with van der Waals surface area (Å²) in [7, 11) is 1.59. The molecule has 2 amide bonds. The number of ether oxygens (including phenoxy) is 2. The number of hydrogen-bond acceptors (Lipinski definition) is 4. The molecule has 0 spiro atoms. The Labute approximate surface area is 160 Å². The van der Waals surface area contributed by atoms with Gasteiger partial charge in [0.05, 0.1) is 13.7 Å². The molecule has 0 heterocycles. The minimum atomic E-state index is -0.339. The molecule has 0 aliphatic heterocycles. The van der Waals surface area contributed by atoms with Crippen molar-refractivity contribution in [2.75, 3.05) is 19.0 Å². The van der Waals surface area contributed by atoms with Crippen molar-refractivity contribution in [1.29, 1.82) is 0 Å². The topological polar surface area (TPSA) is 79.8 Å². The van der Waals surface area contributed by atoms with Gasteiger partial charge in [0.25, 0.3) is 0 Å². The molecule has 0 fully saturated rings. The van der Waals surface area contributed by atoms with Gasteiger partial charge in [0.2, 0.25) is 0 Å². The highest BCUT2D eigenvalue weighted by molar-refractivity contribution is 5.89. The lowest BCUT2D eigenvalue weighted by molar-refractivity contribution is 0.251. The highest BCUT2D eigenvalue weighted by Gasteiger charge is 2.09. The molecule has 2 aromatic carbocycles. The van der Waals surface area contributed by atoms with Crippen LogP contribution in [0.5, 0.6) is 17.2 Å². The fraction of sp³-hybridized carbons (Fsp3) is 0.381. The molecule has 27 heavy (non-hydrogen) atoms. The van der Waals surface area contributed by atoms with Gasteiger partial charge < -0.3 is 25.2 Å². The molecule has 6 heteroatoms. The summed E-state index contributed by atoms with van der Waals surface area (Å²) in [5.74, 6) is 2.04. The van der Waals surface area contributed by atoms with Gasteiger partial charge in [0, 0.05) is 18.3 Å². The summed E-state index contributed by atoms with van der Waals surface area (Å²) in [6, 6.07) is 11.7. The van der Waals surface area contributed by atoms with Crippen LogP contribution in [0.4, 0.5) is 10.5 Å². The Morgan fingerprint density at radius 2 is 1.96 bits per heavy atom. The smallest absolute Gasteiger partial charge is 0.319 e. The van der Waals surface area contributed by atoms with E-state index in [9.17, 15) is 9.90 Å². The number of carbonyl (C=O) groups excluding carboxylic acids is 1. The number of amides is 2. The number of hydrogen-bond donors (Lipinski definition) is 3. The van der Waals surface area contributed by atoms with E-state index in [1.54, 1.807) is 43.5 Å². The van der Waals surface area contributed by atoms with Gasteiger partial charge in [-0.05, 0) is 48.6 Å². The van der Waals surface area contributed by atoms with E-state index in [2.05, 4.69) is 24.5 Å². The first kappa shape index (κ1) is 20.4. The van der Waals surface area contributed by atoms with Crippen molar-refractivity contribution in [2.24, 2.45) is 5.92 Å². The van der Waals surface area contributed by atoms with E-state index in [0.29, 0.717) is 36.3 Å². The second kappa shape index (κ2) is 10.3. The molecule has 0 atom stereocenters. The first-order valence-corrected chi connectivity index (χ1v) is 9.11. The fourth-order valence-electron chi connectivity index (χ4n) is 2.57. The third-order valence-corrected chi connectivity index (χ3v) is 3.97. The van der Waals surface area contributed by atoms with E-state index in [1.165, 1.54) is 0 Å². The highest BCUT2D eigenvalue weighted by Crippen LogP contribution is 2.30. The number of phenolic OH excluding ortho intramolecular Hbond substituents is 1. The Hall–Kier alpha value is -2.89. The van der Waals surface area contributed by atoms with E-state index < -0.39 is 0 Å². The molecule has 0 radical (unpaired) electrons. The van der Waals surface area contributed by atoms with Gasteiger partial charge in [-0.3, -0.25) is 0 Å². The van der Waals surface area contributed by atoms with E-state index in [0.717, 1.165) is 18.4 Å². The summed E-state index contributed by atoms with van der Waals surface area (Å²) in [5, 5.41) is 15.0. The van der Waals surface area contributed by atoms with E-state index in [1.807, 2.05) is 6.07 Å². The molecule has 3 N–H and O–H groups in total. The molecule has 0 bridgehead atoms. The highest BCUT2D eigenvalue weighted by atomic mass is 16.5. The molecule has 6 nitrogen and oxygen atoms in total. The van der Waals surface area contributed by atoms with Crippen LogP contribution in [-0.4, -0.2) is 24.9 Å². The molecular weight excluding hydrogens is 344 g/mol. The van der Waals surface area contributed by atoms with Crippen LogP contribution >= 0.6 is 0 Å². The van der Waals surface area contributed by atoms with E-state index >= 15 is 0 Å². The van der Waals surface area contributed by atoms with Crippen LogP contribution in [0.2, 0.25) is 0 Å². The minimum absolute atomic E-state index is 0.170. The molecular formula is C21H28N2O4. The van der Waals surface area contributed by atoms with Crippen molar-refractivity contribution in [1.82, 2.24) is 5.32 Å². The van der Waals surface area contributed by atoms with Crippen LogP contribution in [0.15, 0.2) is 42.5 Å². The SMILES string of the molecule is COc1ccc(NC(=O)NCc2cccc(O)c2)cc1OCCCC(C)C. The lowest BCUT2D eigenvalue weighted by Crippen LogP contribution is -2.28. The zero-order valence-electron chi connectivity index (χ0n) is 16.1. The first-order chi connectivity index (χ1) is 13.0. The minimum Gasteiger partial charge on any atom is -0.508 e. The number of methoxy groups -OCH3 is 1. The number of rotatable bonds is 9. The monoisotopic (exact) mass is 372 g/mol. The average molecular weight is 372 g/mol. The number of benzene rings is 2. The Morgan fingerprint density at radius 1 is 1.15 bits per heavy atom. The third-order valence-electron chi connectivity index (χ3n) is 3.97. The molecule has 2 rings (SSSR count). The molecule has 2 aromatic rings. The van der Waals surface area contributed by atoms with Crippen LogP contribution in [0.25, 0.3) is 0 Å². The quantitative estimate of drug-likeness (QED) is 0.565. The molecule has 0 aliphatic rings. The van der Waals surface area contributed by atoms with Crippen LogP contribution in [0.1, 0.15) is 32.3 Å². The van der Waals surface area contributed by atoms with Gasteiger partial charge in [0.1, 0.15) is 5.75 Å². The lowest BCUT2D eigenvalue weighted by Gasteiger charge is -2.14. The molecule has 0 aliphatic carbocycles. The molecule has 146 valence electrons. The average Bonchev–Trinajstić information content (AvgIpc) is 2.64. The number of phenols is 1. The van der Waals surface area contributed by atoms with E-state index in [-0.39, 0.29) is 11.8 Å². The molecule has 0 unspecified atom stereocenters. The van der Waals surface area contributed by atoms with Crippen molar-refractivity contribution in [2.45, 2.75) is 33.2 Å². The summed E-state index contributed by atoms with van der Waals surface area (Å²) in [6.07, 6.45) is 2.06. The predicted octanol–water partition coefficient (Wildman–Crippen LogP) is 4.54. The Bertz CT molecular complexity index is 747. The summed E-state index contributed by atoms with van der Waals surface area (Å²) in [6.45, 7) is 5.28. The normalized spacial score (nSPS) is 10.5. The van der Waals surface area contributed by atoms with Crippen LogP contribution in [-0.2, 0) is 6.54 Å². The fourth-order valence-corrected chi connectivity index (χ4v) is 2.57. The van der Waals surface area contributed by atoms with Crippen molar-refractivity contribution in [3.05, 3.63) is 48.0 Å². The summed E-state index contributed by atoms with van der Waals surface area (Å²) >= 11 is 0. The van der Waals surface area contributed by atoms with Crippen LogP contribution in [0.3, 0.4) is 0 Å². The van der Waals surface area contributed by atoms with Crippen molar-refractivity contribution >= 4 is 11.7 Å². The largest absolute Gasteiger partial charge is 0.508 e. The Kier molecular flexibility index (Phi) is 7.79. The zero-order valence-corrected chi connectivity index (χ0v) is 16.1. The Balaban J connectivity index is 1.90. The maximum Gasteiger partial charge on any atom is 0.319 e. The van der Waals surface area contributed by atoms with Crippen molar-refractivity contribution in [3.63, 3.8) is 0 Å². The van der Waals surface area contributed by atoms with Crippen molar-refractivity contribution in [3.8, 4) is 17.2 Å². The van der Waals surface area contributed by atoms with Gasteiger partial charge in [-0.25, -0.2) is 4.79 Å². The number of aromatic hydroxyl groups is 1. The van der Waals surface area contributed by atoms with Crippen LogP contribution in [0, 0.1) is 5.92 Å². The molecule has 0 saturated heterocycles. The van der Waals surface area contributed by atoms with E-state index in [4.69, 9.17) is 9.47 Å². The van der Waals surface area contributed by atoms with Gasteiger partial charge in [-0.15, -0.1) is 0 Å².